The third kappa shape index (κ3) is 3.07. The van der Waals surface area contributed by atoms with Gasteiger partial charge in [-0.2, -0.15) is 0 Å². The van der Waals surface area contributed by atoms with Crippen molar-refractivity contribution < 1.29 is 9.21 Å². The number of aryl methyl sites for hydroxylation is 1. The molecule has 100 valence electrons. The van der Waals surface area contributed by atoms with E-state index in [1.807, 2.05) is 5.43 Å². The van der Waals surface area contributed by atoms with Crippen LogP contribution in [0.1, 0.15) is 21.9 Å². The molecule has 2 rings (SSSR count). The van der Waals surface area contributed by atoms with Crippen molar-refractivity contribution in [3.05, 3.63) is 41.5 Å². The van der Waals surface area contributed by atoms with Crippen LogP contribution in [0, 0.1) is 6.92 Å². The lowest BCUT2D eigenvalue weighted by molar-refractivity contribution is 0.0924. The number of hydrogen-bond acceptors (Lipinski definition) is 6. The van der Waals surface area contributed by atoms with Crippen LogP contribution in [0.2, 0.25) is 0 Å². The van der Waals surface area contributed by atoms with Gasteiger partial charge in [-0.3, -0.25) is 10.2 Å². The zero-order chi connectivity index (χ0) is 13.8. The smallest absolute Gasteiger partial charge is 0.300 e. The van der Waals surface area contributed by atoms with Gasteiger partial charge in [0.2, 0.25) is 0 Å². The van der Waals surface area contributed by atoms with Crippen molar-refractivity contribution in [3.63, 3.8) is 0 Å². The number of thioether (sulfide) groups is 1. The lowest BCUT2D eigenvalue weighted by Crippen LogP contribution is -2.29. The number of pyridine rings is 1. The minimum atomic E-state index is -0.448. The molecule has 7 heteroatoms. The number of nitrogens with zero attached hydrogens (tertiary/aromatic N) is 1. The third-order valence-corrected chi connectivity index (χ3v) is 3.61. The van der Waals surface area contributed by atoms with E-state index in [1.165, 1.54) is 11.8 Å². The molecule has 2 aromatic rings. The lowest BCUT2D eigenvalue weighted by Gasteiger charge is -2.02. The van der Waals surface area contributed by atoms with Crippen LogP contribution in [-0.4, -0.2) is 10.9 Å². The van der Waals surface area contributed by atoms with Gasteiger partial charge in [-0.05, 0) is 25.1 Å². The van der Waals surface area contributed by atoms with E-state index >= 15 is 0 Å². The fourth-order valence-electron chi connectivity index (χ4n) is 1.52. The second-order valence-corrected chi connectivity index (χ2v) is 4.82. The highest BCUT2D eigenvalue weighted by atomic mass is 32.2. The second kappa shape index (κ2) is 5.77. The van der Waals surface area contributed by atoms with Crippen LogP contribution in [0.25, 0.3) is 0 Å². The highest BCUT2D eigenvalue weighted by molar-refractivity contribution is 7.98. The standard InChI is InChI=1S/C12H14N4O2S/c1-7-8(5-10(18-7)11(17)16-14)6-19-12-9(13)3-2-4-15-12/h2-5H,6,13-14H2,1H3,(H,16,17). The van der Waals surface area contributed by atoms with E-state index in [0.717, 1.165) is 10.6 Å². The predicted molar refractivity (Wildman–Crippen MR) is 73.3 cm³/mol. The summed E-state index contributed by atoms with van der Waals surface area (Å²) in [5.41, 5.74) is 9.39. The maximum atomic E-state index is 11.3. The van der Waals surface area contributed by atoms with Crippen LogP contribution in [0.15, 0.2) is 33.8 Å². The van der Waals surface area contributed by atoms with Gasteiger partial charge in [0.05, 0.1) is 5.69 Å². The van der Waals surface area contributed by atoms with Crippen molar-refractivity contribution in [2.24, 2.45) is 5.84 Å². The number of hydrogen-bond donors (Lipinski definition) is 3. The summed E-state index contributed by atoms with van der Waals surface area (Å²) in [6.45, 7) is 1.80. The average molecular weight is 278 g/mol. The van der Waals surface area contributed by atoms with E-state index < -0.39 is 5.91 Å². The molecule has 0 fully saturated rings. The third-order valence-electron chi connectivity index (χ3n) is 2.54. The van der Waals surface area contributed by atoms with Gasteiger partial charge in [-0.15, -0.1) is 0 Å². The normalized spacial score (nSPS) is 10.4. The molecule has 2 aromatic heterocycles. The molecule has 0 saturated carbocycles. The number of anilines is 1. The van der Waals surface area contributed by atoms with Gasteiger partial charge in [0.25, 0.3) is 0 Å². The Hall–Kier alpha value is -1.99. The summed E-state index contributed by atoms with van der Waals surface area (Å²) in [6, 6.07) is 5.25. The van der Waals surface area contributed by atoms with Gasteiger partial charge in [0.1, 0.15) is 10.8 Å². The molecule has 0 radical (unpaired) electrons. The van der Waals surface area contributed by atoms with Gasteiger partial charge in [0.15, 0.2) is 5.76 Å². The number of nitrogens with two attached hydrogens (primary N) is 2. The van der Waals surface area contributed by atoms with Crippen LogP contribution in [-0.2, 0) is 5.75 Å². The van der Waals surface area contributed by atoms with Crippen molar-refractivity contribution in [1.82, 2.24) is 10.4 Å². The molecule has 19 heavy (non-hydrogen) atoms. The number of hydrazine groups is 1. The Kier molecular flexibility index (Phi) is 4.08. The maximum absolute atomic E-state index is 11.3. The Morgan fingerprint density at radius 1 is 1.58 bits per heavy atom. The fourth-order valence-corrected chi connectivity index (χ4v) is 2.47. The quantitative estimate of drug-likeness (QED) is 0.338. The van der Waals surface area contributed by atoms with E-state index in [1.54, 1.807) is 31.3 Å². The Morgan fingerprint density at radius 3 is 3.05 bits per heavy atom. The summed E-state index contributed by atoms with van der Waals surface area (Å²) in [5.74, 6) is 6.11. The van der Waals surface area contributed by atoms with Crippen LogP contribution >= 0.6 is 11.8 Å². The van der Waals surface area contributed by atoms with E-state index in [9.17, 15) is 4.79 Å². The summed E-state index contributed by atoms with van der Waals surface area (Å²) >= 11 is 1.49. The highest BCUT2D eigenvalue weighted by Crippen LogP contribution is 2.28. The molecule has 2 heterocycles. The Bertz CT molecular complexity index is 597. The molecule has 0 unspecified atom stereocenters. The van der Waals surface area contributed by atoms with E-state index in [4.69, 9.17) is 16.0 Å². The molecular weight excluding hydrogens is 264 g/mol. The van der Waals surface area contributed by atoms with E-state index in [0.29, 0.717) is 17.2 Å². The second-order valence-electron chi connectivity index (χ2n) is 3.85. The molecule has 0 aliphatic rings. The maximum Gasteiger partial charge on any atom is 0.300 e. The zero-order valence-electron chi connectivity index (χ0n) is 10.3. The first-order chi connectivity index (χ1) is 9.11. The molecule has 0 bridgehead atoms. The highest BCUT2D eigenvalue weighted by Gasteiger charge is 2.14. The summed E-state index contributed by atoms with van der Waals surface area (Å²) in [5, 5.41) is 0.757. The molecule has 0 spiro atoms. The van der Waals surface area contributed by atoms with E-state index in [2.05, 4.69) is 4.98 Å². The molecule has 0 saturated heterocycles. The predicted octanol–water partition coefficient (Wildman–Crippen LogP) is 1.46. The number of rotatable bonds is 4. The summed E-state index contributed by atoms with van der Waals surface area (Å²) < 4.78 is 5.33. The van der Waals surface area contributed by atoms with Crippen LogP contribution in [0.4, 0.5) is 5.69 Å². The molecule has 1 amide bonds. The van der Waals surface area contributed by atoms with Crippen molar-refractivity contribution in [2.75, 3.05) is 5.73 Å². The van der Waals surface area contributed by atoms with Gasteiger partial charge in [-0.1, -0.05) is 11.8 Å². The number of aromatic nitrogens is 1. The Morgan fingerprint density at radius 2 is 2.37 bits per heavy atom. The summed E-state index contributed by atoms with van der Waals surface area (Å²) in [4.78, 5) is 15.5. The van der Waals surface area contributed by atoms with Crippen LogP contribution < -0.4 is 17.0 Å². The number of amides is 1. The summed E-state index contributed by atoms with van der Waals surface area (Å²) in [6.07, 6.45) is 1.69. The van der Waals surface area contributed by atoms with Crippen molar-refractivity contribution in [1.29, 1.82) is 0 Å². The molecule has 6 nitrogen and oxygen atoms in total. The number of carbonyl (C=O) groups excluding carboxylic acids is 1. The molecule has 0 aliphatic carbocycles. The number of nitrogens with one attached hydrogen (secondary N) is 1. The van der Waals surface area contributed by atoms with Gasteiger partial charge in [0, 0.05) is 17.5 Å². The minimum Gasteiger partial charge on any atom is -0.456 e. The average Bonchev–Trinajstić information content (AvgIpc) is 2.78. The summed E-state index contributed by atoms with van der Waals surface area (Å²) in [7, 11) is 0. The van der Waals surface area contributed by atoms with Crippen molar-refractivity contribution in [2.45, 2.75) is 17.7 Å². The number of nitrogen functional groups attached to an aromatic ring is 2. The first-order valence-corrected chi connectivity index (χ1v) is 6.54. The largest absolute Gasteiger partial charge is 0.456 e. The topological polar surface area (TPSA) is 107 Å². The number of carbonyl (C=O) groups is 1. The van der Waals surface area contributed by atoms with Crippen molar-refractivity contribution >= 4 is 23.4 Å². The zero-order valence-corrected chi connectivity index (χ0v) is 11.2. The first kappa shape index (κ1) is 13.4. The monoisotopic (exact) mass is 278 g/mol. The van der Waals surface area contributed by atoms with Gasteiger partial charge in [-0.25, -0.2) is 10.8 Å². The fraction of sp³-hybridized carbons (Fsp3) is 0.167. The number of furan rings is 1. The van der Waals surface area contributed by atoms with Crippen LogP contribution in [0.5, 0.6) is 0 Å². The SMILES string of the molecule is Cc1oc(C(=O)NN)cc1CSc1ncccc1N. The van der Waals surface area contributed by atoms with Gasteiger partial charge < -0.3 is 10.2 Å². The molecule has 0 aromatic carbocycles. The molecule has 0 aliphatic heterocycles. The minimum absolute atomic E-state index is 0.199. The molecule has 5 N–H and O–H groups in total. The Labute approximate surface area is 114 Å². The first-order valence-electron chi connectivity index (χ1n) is 5.55. The molecule has 0 atom stereocenters. The Balaban J connectivity index is 2.10. The molecular formula is C12H14N4O2S. The van der Waals surface area contributed by atoms with Crippen LogP contribution in [0.3, 0.4) is 0 Å². The van der Waals surface area contributed by atoms with E-state index in [-0.39, 0.29) is 5.76 Å². The van der Waals surface area contributed by atoms with Gasteiger partial charge >= 0.3 is 5.91 Å². The lowest BCUT2D eigenvalue weighted by atomic mass is 10.3. The van der Waals surface area contributed by atoms with Crippen molar-refractivity contribution in [3.8, 4) is 0 Å².